The molecule has 0 radical (unpaired) electrons. The van der Waals surface area contributed by atoms with Gasteiger partial charge in [-0.05, 0) is 24.1 Å². The van der Waals surface area contributed by atoms with Crippen LogP contribution in [0.4, 0.5) is 5.69 Å². The maximum Gasteiger partial charge on any atom is 0.299 e. The number of carbonyl (C=O) groups is 2. The Kier molecular flexibility index (Phi) is 3.57. The van der Waals surface area contributed by atoms with E-state index in [1.165, 1.54) is 12.0 Å². The lowest BCUT2D eigenvalue weighted by molar-refractivity contribution is -0.114. The van der Waals surface area contributed by atoms with Crippen LogP contribution in [0.25, 0.3) is 0 Å². The number of amides is 1. The normalized spacial score (nSPS) is 15.8. The number of ether oxygens (including phenoxy) is 1. The molecule has 2 rings (SSSR count). The van der Waals surface area contributed by atoms with Gasteiger partial charge in [0.15, 0.2) is 0 Å². The van der Waals surface area contributed by atoms with E-state index in [-0.39, 0.29) is 5.92 Å². The first kappa shape index (κ1) is 12.9. The molecule has 1 aliphatic rings. The highest BCUT2D eigenvalue weighted by Gasteiger charge is 2.36. The molecule has 4 nitrogen and oxygen atoms in total. The van der Waals surface area contributed by atoms with Crippen LogP contribution in [0.5, 0.6) is 5.75 Å². The number of anilines is 1. The Labute approximate surface area is 110 Å². The maximum absolute atomic E-state index is 11.9. The van der Waals surface area contributed by atoms with Crippen LogP contribution in [0.1, 0.15) is 17.3 Å². The molecule has 0 fully saturated rings. The highest BCUT2D eigenvalue weighted by Crippen LogP contribution is 2.32. The molecule has 0 spiro atoms. The minimum atomic E-state index is -0.491. The van der Waals surface area contributed by atoms with Crippen LogP contribution in [0.3, 0.4) is 0 Å². The molecule has 0 aliphatic carbocycles. The monoisotopic (exact) mass is 267 g/mol. The predicted octanol–water partition coefficient (Wildman–Crippen LogP) is 2.10. The Morgan fingerprint density at radius 1 is 1.39 bits per heavy atom. The lowest BCUT2D eigenvalue weighted by atomic mass is 10.1. The van der Waals surface area contributed by atoms with Crippen molar-refractivity contribution in [3.05, 3.63) is 23.8 Å². The summed E-state index contributed by atoms with van der Waals surface area (Å²) in [7, 11) is 1.52. The number of halogens is 1. The molecule has 1 aromatic carbocycles. The molecule has 1 aromatic rings. The number of fused-ring (bicyclic) bond motifs is 1. The Balaban J connectivity index is 2.37. The van der Waals surface area contributed by atoms with Gasteiger partial charge in [-0.15, -0.1) is 11.6 Å². The quantitative estimate of drug-likeness (QED) is 0.620. The van der Waals surface area contributed by atoms with Crippen molar-refractivity contribution in [3.63, 3.8) is 0 Å². The Morgan fingerprint density at radius 2 is 2.11 bits per heavy atom. The molecule has 0 aromatic heterocycles. The molecule has 1 heterocycles. The van der Waals surface area contributed by atoms with Gasteiger partial charge in [-0.3, -0.25) is 9.59 Å². The molecule has 18 heavy (non-hydrogen) atoms. The van der Waals surface area contributed by atoms with Crippen LogP contribution in [0.2, 0.25) is 0 Å². The molecule has 96 valence electrons. The van der Waals surface area contributed by atoms with Crippen LogP contribution >= 0.6 is 11.6 Å². The molecule has 0 N–H and O–H groups in total. The molecule has 1 aliphatic heterocycles. The minimum absolute atomic E-state index is 0.136. The number of hydrogen-bond donors (Lipinski definition) is 0. The summed E-state index contributed by atoms with van der Waals surface area (Å²) in [4.78, 5) is 25.3. The van der Waals surface area contributed by atoms with Crippen LogP contribution in [-0.2, 0) is 4.79 Å². The lowest BCUT2D eigenvalue weighted by Crippen LogP contribution is -2.34. The summed E-state index contributed by atoms with van der Waals surface area (Å²) in [5.41, 5.74) is 1.05. The number of hydrogen-bond acceptors (Lipinski definition) is 3. The summed E-state index contributed by atoms with van der Waals surface area (Å²) in [6.45, 7) is 2.39. The van der Waals surface area contributed by atoms with Crippen molar-refractivity contribution in [2.45, 2.75) is 6.92 Å². The number of ketones is 1. The third-order valence-corrected chi connectivity index (χ3v) is 3.46. The van der Waals surface area contributed by atoms with Gasteiger partial charge in [0, 0.05) is 12.4 Å². The van der Waals surface area contributed by atoms with E-state index < -0.39 is 11.7 Å². The van der Waals surface area contributed by atoms with E-state index >= 15 is 0 Å². The van der Waals surface area contributed by atoms with E-state index in [0.717, 1.165) is 0 Å². The smallest absolute Gasteiger partial charge is 0.299 e. The van der Waals surface area contributed by atoms with Crippen molar-refractivity contribution in [3.8, 4) is 5.75 Å². The highest BCUT2D eigenvalue weighted by atomic mass is 35.5. The molecule has 1 atom stereocenters. The number of carbonyl (C=O) groups excluding carboxylic acids is 2. The maximum atomic E-state index is 11.9. The SMILES string of the molecule is COc1ccc2c(c1)C(=O)C(=O)N2CC(C)CCl. The second-order valence-electron chi connectivity index (χ2n) is 4.39. The van der Waals surface area contributed by atoms with Crippen LogP contribution in [0.15, 0.2) is 18.2 Å². The minimum Gasteiger partial charge on any atom is -0.497 e. The van der Waals surface area contributed by atoms with Gasteiger partial charge in [0.1, 0.15) is 5.75 Å². The number of nitrogens with zero attached hydrogens (tertiary/aromatic N) is 1. The standard InChI is InChI=1S/C13H14ClNO3/c1-8(6-14)7-15-11-4-3-9(18-2)5-10(11)12(16)13(15)17/h3-5,8H,6-7H2,1-2H3. The van der Waals surface area contributed by atoms with Crippen molar-refractivity contribution in [1.82, 2.24) is 0 Å². The second-order valence-corrected chi connectivity index (χ2v) is 4.70. The first-order valence-corrected chi connectivity index (χ1v) is 6.22. The van der Waals surface area contributed by atoms with Gasteiger partial charge in [0.25, 0.3) is 11.7 Å². The van der Waals surface area contributed by atoms with Gasteiger partial charge >= 0.3 is 0 Å². The molecule has 0 saturated carbocycles. The number of rotatable bonds is 4. The van der Waals surface area contributed by atoms with Crippen molar-refractivity contribution in [2.75, 3.05) is 24.4 Å². The summed E-state index contributed by atoms with van der Waals surface area (Å²) in [5.74, 6) is 0.184. The Hall–Kier alpha value is -1.55. The van der Waals surface area contributed by atoms with Crippen LogP contribution in [0, 0.1) is 5.92 Å². The van der Waals surface area contributed by atoms with Gasteiger partial charge in [-0.1, -0.05) is 6.92 Å². The number of methoxy groups -OCH3 is 1. The summed E-state index contributed by atoms with van der Waals surface area (Å²) in [6, 6.07) is 5.07. The molecule has 1 amide bonds. The zero-order valence-corrected chi connectivity index (χ0v) is 11.0. The fourth-order valence-corrected chi connectivity index (χ4v) is 2.05. The van der Waals surface area contributed by atoms with E-state index in [0.29, 0.717) is 29.4 Å². The summed E-state index contributed by atoms with van der Waals surface area (Å²) >= 11 is 5.75. The van der Waals surface area contributed by atoms with Gasteiger partial charge in [0.05, 0.1) is 18.4 Å². The van der Waals surface area contributed by atoms with Gasteiger partial charge in [-0.2, -0.15) is 0 Å². The zero-order chi connectivity index (χ0) is 13.3. The van der Waals surface area contributed by atoms with Crippen molar-refractivity contribution >= 4 is 29.0 Å². The van der Waals surface area contributed by atoms with Crippen molar-refractivity contribution < 1.29 is 14.3 Å². The summed E-state index contributed by atoms with van der Waals surface area (Å²) < 4.78 is 5.06. The molecular weight excluding hydrogens is 254 g/mol. The molecule has 1 unspecified atom stereocenters. The number of alkyl halides is 1. The molecule has 0 saturated heterocycles. The Morgan fingerprint density at radius 3 is 2.72 bits per heavy atom. The third kappa shape index (κ3) is 2.08. The van der Waals surface area contributed by atoms with E-state index in [4.69, 9.17) is 16.3 Å². The van der Waals surface area contributed by atoms with E-state index in [1.54, 1.807) is 18.2 Å². The first-order valence-electron chi connectivity index (χ1n) is 5.68. The van der Waals surface area contributed by atoms with E-state index in [1.807, 2.05) is 6.92 Å². The molecule has 0 bridgehead atoms. The van der Waals surface area contributed by atoms with Crippen molar-refractivity contribution in [1.29, 1.82) is 0 Å². The average molecular weight is 268 g/mol. The number of benzene rings is 1. The fraction of sp³-hybridized carbons (Fsp3) is 0.385. The zero-order valence-electron chi connectivity index (χ0n) is 10.3. The molecule has 5 heteroatoms. The van der Waals surface area contributed by atoms with Crippen LogP contribution in [-0.4, -0.2) is 31.2 Å². The van der Waals surface area contributed by atoms with Gasteiger partial charge < -0.3 is 9.64 Å². The summed E-state index contributed by atoms with van der Waals surface area (Å²) in [6.07, 6.45) is 0. The van der Waals surface area contributed by atoms with Crippen LogP contribution < -0.4 is 9.64 Å². The lowest BCUT2D eigenvalue weighted by Gasteiger charge is -2.19. The van der Waals surface area contributed by atoms with Gasteiger partial charge in [-0.25, -0.2) is 0 Å². The van der Waals surface area contributed by atoms with E-state index in [2.05, 4.69) is 0 Å². The van der Waals surface area contributed by atoms with Gasteiger partial charge in [0.2, 0.25) is 0 Å². The first-order chi connectivity index (χ1) is 8.58. The fourth-order valence-electron chi connectivity index (χ4n) is 1.95. The highest BCUT2D eigenvalue weighted by molar-refractivity contribution is 6.52. The predicted molar refractivity (Wildman–Crippen MR) is 69.6 cm³/mol. The topological polar surface area (TPSA) is 46.6 Å². The third-order valence-electron chi connectivity index (χ3n) is 2.94. The summed E-state index contributed by atoms with van der Waals surface area (Å²) in [5, 5.41) is 0. The average Bonchev–Trinajstić information content (AvgIpc) is 2.63. The second kappa shape index (κ2) is 4.98. The Bertz CT molecular complexity index is 501. The molecular formula is C13H14ClNO3. The number of Topliss-reactive ketones (excluding diaryl/α,β-unsaturated/α-hetero) is 1. The van der Waals surface area contributed by atoms with Crippen molar-refractivity contribution in [2.24, 2.45) is 5.92 Å². The van der Waals surface area contributed by atoms with E-state index in [9.17, 15) is 9.59 Å². The largest absolute Gasteiger partial charge is 0.497 e.